The van der Waals surface area contributed by atoms with Gasteiger partial charge in [-0.05, 0) is 72.5 Å². The third-order valence-corrected chi connectivity index (χ3v) is 9.09. The Morgan fingerprint density at radius 2 is 1.22 bits per heavy atom. The van der Waals surface area contributed by atoms with Crippen molar-refractivity contribution in [3.8, 4) is 0 Å². The second-order valence-corrected chi connectivity index (χ2v) is 12.5. The van der Waals surface area contributed by atoms with E-state index in [-0.39, 0.29) is 5.91 Å². The molecule has 0 saturated carbocycles. The standard InChI is InChI=1S/C38H39N5OS/c44-38(18-2-1-11-25-43-34-14-3-5-16-36(34)45-37-17-6-4-15-35(37)43)41-26-30-19-21-31(22-20-30)27-42(28-32-12-7-9-23-39-32)29-33-13-8-10-24-40-33/h3-10,12-17,19-24H,1-2,11,18,25-29H2,(H,41,44). The van der Waals surface area contributed by atoms with Crippen molar-refractivity contribution in [2.45, 2.75) is 61.7 Å². The summed E-state index contributed by atoms with van der Waals surface area (Å²) in [7, 11) is 0. The third-order valence-electron chi connectivity index (χ3n) is 7.96. The Labute approximate surface area is 270 Å². The third kappa shape index (κ3) is 8.59. The average Bonchev–Trinajstić information content (AvgIpc) is 3.08. The number of aromatic nitrogens is 2. The van der Waals surface area contributed by atoms with E-state index < -0.39 is 0 Å². The predicted molar refractivity (Wildman–Crippen MR) is 182 cm³/mol. The fourth-order valence-corrected chi connectivity index (χ4v) is 6.77. The molecule has 6 rings (SSSR count). The number of hydrogen-bond donors (Lipinski definition) is 1. The lowest BCUT2D eigenvalue weighted by atomic mass is 10.1. The summed E-state index contributed by atoms with van der Waals surface area (Å²) >= 11 is 1.84. The van der Waals surface area contributed by atoms with Crippen LogP contribution in [0, 0.1) is 0 Å². The number of fused-ring (bicyclic) bond motifs is 2. The van der Waals surface area contributed by atoms with Crippen molar-refractivity contribution in [2.24, 2.45) is 0 Å². The number of anilines is 2. The van der Waals surface area contributed by atoms with Crippen molar-refractivity contribution < 1.29 is 4.79 Å². The van der Waals surface area contributed by atoms with E-state index in [0.717, 1.165) is 62.4 Å². The van der Waals surface area contributed by atoms with Gasteiger partial charge in [0.05, 0.1) is 22.8 Å². The summed E-state index contributed by atoms with van der Waals surface area (Å²) in [6.07, 6.45) is 7.18. The average molecular weight is 614 g/mol. The van der Waals surface area contributed by atoms with Crippen molar-refractivity contribution >= 4 is 29.0 Å². The van der Waals surface area contributed by atoms with Crippen molar-refractivity contribution in [1.82, 2.24) is 20.2 Å². The van der Waals surface area contributed by atoms with E-state index in [9.17, 15) is 4.79 Å². The van der Waals surface area contributed by atoms with Gasteiger partial charge in [-0.15, -0.1) is 0 Å². The second kappa shape index (κ2) is 15.5. The molecule has 3 aromatic carbocycles. The Bertz CT molecular complexity index is 1580. The minimum absolute atomic E-state index is 0.112. The molecule has 0 radical (unpaired) electrons. The zero-order chi connectivity index (χ0) is 30.7. The molecule has 45 heavy (non-hydrogen) atoms. The van der Waals surface area contributed by atoms with Crippen LogP contribution in [0.2, 0.25) is 0 Å². The molecule has 0 bridgehead atoms. The molecular formula is C38H39N5OS. The Balaban J connectivity index is 0.942. The molecule has 0 atom stereocenters. The van der Waals surface area contributed by atoms with Gasteiger partial charge in [-0.2, -0.15) is 0 Å². The Kier molecular flexibility index (Phi) is 10.5. The first-order valence-corrected chi connectivity index (χ1v) is 16.5. The van der Waals surface area contributed by atoms with Gasteiger partial charge in [0, 0.05) is 61.3 Å². The molecule has 5 aromatic rings. The van der Waals surface area contributed by atoms with Crippen LogP contribution in [0.4, 0.5) is 11.4 Å². The monoisotopic (exact) mass is 613 g/mol. The summed E-state index contributed by atoms with van der Waals surface area (Å²) in [4.78, 5) is 29.1. The Hall–Kier alpha value is -4.46. The van der Waals surface area contributed by atoms with Gasteiger partial charge < -0.3 is 10.2 Å². The van der Waals surface area contributed by atoms with Crippen LogP contribution in [0.5, 0.6) is 0 Å². The zero-order valence-corrected chi connectivity index (χ0v) is 26.3. The molecule has 3 heterocycles. The number of rotatable bonds is 14. The highest BCUT2D eigenvalue weighted by Crippen LogP contribution is 2.47. The van der Waals surface area contributed by atoms with Gasteiger partial charge in [0.1, 0.15) is 0 Å². The van der Waals surface area contributed by atoms with E-state index in [2.05, 4.69) is 110 Å². The number of nitrogens with zero attached hydrogens (tertiary/aromatic N) is 4. The number of carbonyl (C=O) groups is 1. The van der Waals surface area contributed by atoms with Crippen LogP contribution in [0.3, 0.4) is 0 Å². The molecular weight excluding hydrogens is 575 g/mol. The first-order valence-electron chi connectivity index (χ1n) is 15.7. The molecule has 7 heteroatoms. The number of amides is 1. The minimum atomic E-state index is 0.112. The van der Waals surface area contributed by atoms with Gasteiger partial charge in [0.15, 0.2) is 0 Å². The van der Waals surface area contributed by atoms with Gasteiger partial charge in [0.25, 0.3) is 0 Å². The molecule has 0 aliphatic carbocycles. The first kappa shape index (κ1) is 30.6. The maximum atomic E-state index is 12.6. The normalized spacial score (nSPS) is 12.1. The molecule has 0 unspecified atom stereocenters. The lowest BCUT2D eigenvalue weighted by molar-refractivity contribution is -0.121. The van der Waals surface area contributed by atoms with Crippen molar-refractivity contribution in [2.75, 3.05) is 11.4 Å². The zero-order valence-electron chi connectivity index (χ0n) is 25.5. The number of hydrogen-bond acceptors (Lipinski definition) is 6. The minimum Gasteiger partial charge on any atom is -0.352 e. The van der Waals surface area contributed by atoms with Crippen molar-refractivity contribution in [3.05, 3.63) is 144 Å². The van der Waals surface area contributed by atoms with E-state index in [0.29, 0.717) is 13.0 Å². The molecule has 228 valence electrons. The number of benzene rings is 3. The number of para-hydroxylation sites is 2. The van der Waals surface area contributed by atoms with Crippen LogP contribution >= 0.6 is 11.8 Å². The molecule has 1 amide bonds. The quantitative estimate of drug-likeness (QED) is 0.128. The molecule has 1 aliphatic heterocycles. The number of pyridine rings is 2. The fourth-order valence-electron chi connectivity index (χ4n) is 5.67. The molecule has 0 saturated heterocycles. The number of unbranched alkanes of at least 4 members (excludes halogenated alkanes) is 2. The highest BCUT2D eigenvalue weighted by molar-refractivity contribution is 7.99. The summed E-state index contributed by atoms with van der Waals surface area (Å²) < 4.78 is 0. The molecule has 0 spiro atoms. The van der Waals surface area contributed by atoms with Gasteiger partial charge in [-0.25, -0.2) is 0 Å². The van der Waals surface area contributed by atoms with E-state index in [1.807, 2.05) is 48.4 Å². The molecule has 0 fully saturated rings. The van der Waals surface area contributed by atoms with Gasteiger partial charge in [-0.3, -0.25) is 19.7 Å². The smallest absolute Gasteiger partial charge is 0.220 e. The largest absolute Gasteiger partial charge is 0.352 e. The van der Waals surface area contributed by atoms with Gasteiger partial charge in [-0.1, -0.05) is 78.8 Å². The van der Waals surface area contributed by atoms with Crippen molar-refractivity contribution in [1.29, 1.82) is 0 Å². The van der Waals surface area contributed by atoms with E-state index >= 15 is 0 Å². The Morgan fingerprint density at radius 3 is 1.82 bits per heavy atom. The molecule has 1 N–H and O–H groups in total. The fraction of sp³-hybridized carbons (Fsp3) is 0.237. The molecule has 6 nitrogen and oxygen atoms in total. The summed E-state index contributed by atoms with van der Waals surface area (Å²) in [6, 6.07) is 37.8. The maximum Gasteiger partial charge on any atom is 0.220 e. The lowest BCUT2D eigenvalue weighted by Crippen LogP contribution is -2.24. The second-order valence-electron chi connectivity index (χ2n) is 11.4. The Morgan fingerprint density at radius 1 is 0.644 bits per heavy atom. The topological polar surface area (TPSA) is 61.4 Å². The highest BCUT2D eigenvalue weighted by atomic mass is 32.2. The van der Waals surface area contributed by atoms with Crippen LogP contribution in [0.1, 0.15) is 48.2 Å². The molecule has 2 aromatic heterocycles. The summed E-state index contributed by atoms with van der Waals surface area (Å²) in [5.41, 5.74) is 6.95. The number of carbonyl (C=O) groups excluding carboxylic acids is 1. The van der Waals surface area contributed by atoms with Crippen LogP contribution in [0.15, 0.2) is 131 Å². The van der Waals surface area contributed by atoms with E-state index in [4.69, 9.17) is 0 Å². The first-order chi connectivity index (χ1) is 22.2. The van der Waals surface area contributed by atoms with Crippen LogP contribution in [-0.2, 0) is 31.0 Å². The summed E-state index contributed by atoms with van der Waals surface area (Å²) in [5, 5.41) is 3.11. The molecule has 1 aliphatic rings. The van der Waals surface area contributed by atoms with Gasteiger partial charge in [0.2, 0.25) is 5.91 Å². The van der Waals surface area contributed by atoms with Crippen LogP contribution < -0.4 is 10.2 Å². The van der Waals surface area contributed by atoms with E-state index in [1.165, 1.54) is 26.7 Å². The summed E-state index contributed by atoms with van der Waals surface area (Å²) in [5.74, 6) is 0.112. The summed E-state index contributed by atoms with van der Waals surface area (Å²) in [6.45, 7) is 3.76. The number of nitrogens with one attached hydrogen (secondary N) is 1. The van der Waals surface area contributed by atoms with Gasteiger partial charge >= 0.3 is 0 Å². The van der Waals surface area contributed by atoms with Crippen LogP contribution in [-0.4, -0.2) is 27.3 Å². The van der Waals surface area contributed by atoms with E-state index in [1.54, 1.807) is 0 Å². The highest BCUT2D eigenvalue weighted by Gasteiger charge is 2.22. The van der Waals surface area contributed by atoms with Crippen LogP contribution in [0.25, 0.3) is 0 Å². The lowest BCUT2D eigenvalue weighted by Gasteiger charge is -2.32. The SMILES string of the molecule is O=C(CCCCCN1c2ccccc2Sc2ccccc21)NCc1ccc(CN(Cc2ccccn2)Cc2ccccn2)cc1. The van der Waals surface area contributed by atoms with Crippen molar-refractivity contribution in [3.63, 3.8) is 0 Å². The predicted octanol–water partition coefficient (Wildman–Crippen LogP) is 8.16. The maximum absolute atomic E-state index is 12.6.